The minimum absolute atomic E-state index is 0.176. The number of primary amides is 1. The van der Waals surface area contributed by atoms with Gasteiger partial charge in [-0.05, 0) is 12.5 Å². The first-order valence-corrected chi connectivity index (χ1v) is 5.03. The van der Waals surface area contributed by atoms with Crippen molar-refractivity contribution >= 4 is 5.91 Å². The zero-order chi connectivity index (χ0) is 10.9. The highest BCUT2D eigenvalue weighted by molar-refractivity contribution is 5.80. The third kappa shape index (κ3) is 9.34. The Morgan fingerprint density at radius 1 is 1.31 bits per heavy atom. The van der Waals surface area contributed by atoms with Crippen LogP contribution in [-0.2, 0) is 4.79 Å². The number of amides is 1. The predicted molar refractivity (Wildman–Crippen MR) is 57.5 cm³/mol. The lowest BCUT2D eigenvalue weighted by atomic mass is 10.0. The van der Waals surface area contributed by atoms with Crippen LogP contribution in [0, 0.1) is 5.92 Å². The molecule has 0 aliphatic heterocycles. The Bertz CT molecular complexity index is 124. The summed E-state index contributed by atoms with van der Waals surface area (Å²) in [6, 6.07) is -0.176. The Balaban J connectivity index is 0. The second-order valence-corrected chi connectivity index (χ2v) is 3.39. The first-order valence-electron chi connectivity index (χ1n) is 5.03. The van der Waals surface area contributed by atoms with E-state index in [1.54, 1.807) is 0 Å². The Hall–Kier alpha value is -0.570. The lowest BCUT2D eigenvalue weighted by Gasteiger charge is -2.17. The number of hydrogen-bond donors (Lipinski definition) is 2. The van der Waals surface area contributed by atoms with Crippen LogP contribution in [0.5, 0.6) is 0 Å². The van der Waals surface area contributed by atoms with Crippen LogP contribution in [0.2, 0.25) is 0 Å². The minimum atomic E-state index is -0.267. The molecule has 0 aromatic heterocycles. The molecule has 0 saturated heterocycles. The Kier molecular flexibility index (Phi) is 10.9. The first-order chi connectivity index (χ1) is 6.01. The van der Waals surface area contributed by atoms with Gasteiger partial charge in [-0.3, -0.25) is 4.79 Å². The van der Waals surface area contributed by atoms with E-state index < -0.39 is 0 Å². The predicted octanol–water partition coefficient (Wildman–Crippen LogP) is 1.52. The SMILES string of the molecule is CCC.CCNC(C(N)=O)C(C)C. The zero-order valence-electron chi connectivity index (χ0n) is 9.55. The summed E-state index contributed by atoms with van der Waals surface area (Å²) in [4.78, 5) is 10.7. The van der Waals surface area contributed by atoms with Gasteiger partial charge in [0.25, 0.3) is 0 Å². The van der Waals surface area contributed by atoms with Gasteiger partial charge in [-0.25, -0.2) is 0 Å². The van der Waals surface area contributed by atoms with Gasteiger partial charge < -0.3 is 11.1 Å². The fourth-order valence-corrected chi connectivity index (χ4v) is 0.885. The summed E-state index contributed by atoms with van der Waals surface area (Å²) < 4.78 is 0. The van der Waals surface area contributed by atoms with Crippen molar-refractivity contribution in [1.29, 1.82) is 0 Å². The topological polar surface area (TPSA) is 55.1 Å². The van der Waals surface area contributed by atoms with Crippen molar-refractivity contribution in [3.63, 3.8) is 0 Å². The Morgan fingerprint density at radius 3 is 1.77 bits per heavy atom. The summed E-state index contributed by atoms with van der Waals surface area (Å²) in [6.07, 6.45) is 1.25. The summed E-state index contributed by atoms with van der Waals surface area (Å²) in [7, 11) is 0. The average Bonchev–Trinajstić information content (AvgIpc) is 2.00. The zero-order valence-corrected chi connectivity index (χ0v) is 9.55. The molecule has 0 bridgehead atoms. The van der Waals surface area contributed by atoms with Gasteiger partial charge in [0, 0.05) is 0 Å². The van der Waals surface area contributed by atoms with Gasteiger partial charge in [0.05, 0.1) is 6.04 Å². The van der Waals surface area contributed by atoms with Crippen LogP contribution in [0.1, 0.15) is 41.0 Å². The smallest absolute Gasteiger partial charge is 0.234 e. The number of nitrogens with one attached hydrogen (secondary N) is 1. The monoisotopic (exact) mass is 188 g/mol. The van der Waals surface area contributed by atoms with Crippen LogP contribution in [0.4, 0.5) is 0 Å². The number of likely N-dealkylation sites (N-methyl/N-ethyl adjacent to an activating group) is 1. The van der Waals surface area contributed by atoms with E-state index in [-0.39, 0.29) is 17.9 Å². The molecule has 0 heterocycles. The van der Waals surface area contributed by atoms with Crippen LogP contribution in [0.3, 0.4) is 0 Å². The molecule has 0 aliphatic carbocycles. The standard InChI is InChI=1S/C7H16N2O.C3H8/c1-4-9-6(5(2)3)7(8)10;1-3-2/h5-6,9H,4H2,1-3H3,(H2,8,10);3H2,1-2H3. The second-order valence-electron chi connectivity index (χ2n) is 3.39. The molecular weight excluding hydrogens is 164 g/mol. The maximum Gasteiger partial charge on any atom is 0.234 e. The molecule has 0 spiro atoms. The molecule has 0 radical (unpaired) electrons. The number of hydrogen-bond acceptors (Lipinski definition) is 2. The highest BCUT2D eigenvalue weighted by atomic mass is 16.1. The quantitative estimate of drug-likeness (QED) is 0.703. The highest BCUT2D eigenvalue weighted by Gasteiger charge is 2.16. The van der Waals surface area contributed by atoms with Crippen molar-refractivity contribution in [2.24, 2.45) is 11.7 Å². The molecule has 3 N–H and O–H groups in total. The van der Waals surface area contributed by atoms with Crippen LogP contribution >= 0.6 is 0 Å². The van der Waals surface area contributed by atoms with Crippen molar-refractivity contribution in [2.75, 3.05) is 6.54 Å². The van der Waals surface area contributed by atoms with E-state index in [0.717, 1.165) is 6.54 Å². The molecule has 0 aromatic carbocycles. The molecular formula is C10H24N2O. The molecule has 1 atom stereocenters. The molecule has 3 heteroatoms. The molecule has 0 rings (SSSR count). The summed E-state index contributed by atoms with van der Waals surface area (Å²) >= 11 is 0. The van der Waals surface area contributed by atoms with Gasteiger partial charge >= 0.3 is 0 Å². The van der Waals surface area contributed by atoms with Crippen LogP contribution in [0.15, 0.2) is 0 Å². The molecule has 0 fully saturated rings. The molecule has 1 amide bonds. The fraction of sp³-hybridized carbons (Fsp3) is 0.900. The van der Waals surface area contributed by atoms with Crippen molar-refractivity contribution in [2.45, 2.75) is 47.1 Å². The van der Waals surface area contributed by atoms with Gasteiger partial charge in [0.15, 0.2) is 0 Å². The number of carbonyl (C=O) groups excluding carboxylic acids is 1. The lowest BCUT2D eigenvalue weighted by molar-refractivity contribution is -0.120. The van der Waals surface area contributed by atoms with Crippen molar-refractivity contribution in [1.82, 2.24) is 5.32 Å². The summed E-state index contributed by atoms with van der Waals surface area (Å²) in [5.74, 6) is 0.00861. The maximum atomic E-state index is 10.7. The second kappa shape index (κ2) is 9.52. The van der Waals surface area contributed by atoms with Crippen LogP contribution in [-0.4, -0.2) is 18.5 Å². The average molecular weight is 188 g/mol. The Morgan fingerprint density at radius 2 is 1.69 bits per heavy atom. The molecule has 0 aliphatic rings. The normalized spacial score (nSPS) is 11.8. The number of carbonyl (C=O) groups is 1. The third-order valence-electron chi connectivity index (χ3n) is 1.40. The van der Waals surface area contributed by atoms with Crippen LogP contribution in [0.25, 0.3) is 0 Å². The largest absolute Gasteiger partial charge is 0.368 e. The molecule has 0 saturated carbocycles. The van der Waals surface area contributed by atoms with E-state index in [4.69, 9.17) is 5.73 Å². The lowest BCUT2D eigenvalue weighted by Crippen LogP contribution is -2.44. The number of rotatable bonds is 4. The molecule has 3 nitrogen and oxygen atoms in total. The molecule has 1 unspecified atom stereocenters. The van der Waals surface area contributed by atoms with E-state index in [0.29, 0.717) is 0 Å². The van der Waals surface area contributed by atoms with Crippen molar-refractivity contribution in [3.8, 4) is 0 Å². The van der Waals surface area contributed by atoms with Gasteiger partial charge in [-0.1, -0.05) is 41.0 Å². The first kappa shape index (κ1) is 14.9. The van der Waals surface area contributed by atoms with E-state index in [1.807, 2.05) is 20.8 Å². The highest BCUT2D eigenvalue weighted by Crippen LogP contribution is 1.99. The van der Waals surface area contributed by atoms with Gasteiger partial charge in [0.2, 0.25) is 5.91 Å². The Labute approximate surface area is 82.1 Å². The molecule has 13 heavy (non-hydrogen) atoms. The fourth-order valence-electron chi connectivity index (χ4n) is 0.885. The molecule has 0 aromatic rings. The maximum absolute atomic E-state index is 10.7. The number of nitrogens with two attached hydrogens (primary N) is 1. The van der Waals surface area contributed by atoms with Crippen LogP contribution < -0.4 is 11.1 Å². The van der Waals surface area contributed by atoms with E-state index >= 15 is 0 Å². The minimum Gasteiger partial charge on any atom is -0.368 e. The van der Waals surface area contributed by atoms with Crippen molar-refractivity contribution in [3.05, 3.63) is 0 Å². The van der Waals surface area contributed by atoms with E-state index in [2.05, 4.69) is 19.2 Å². The third-order valence-corrected chi connectivity index (χ3v) is 1.40. The summed E-state index contributed by atoms with van der Waals surface area (Å²) in [5, 5.41) is 3.01. The molecule has 80 valence electrons. The van der Waals surface area contributed by atoms with Crippen molar-refractivity contribution < 1.29 is 4.79 Å². The van der Waals surface area contributed by atoms with E-state index in [9.17, 15) is 4.79 Å². The van der Waals surface area contributed by atoms with Gasteiger partial charge in [-0.15, -0.1) is 0 Å². The van der Waals surface area contributed by atoms with E-state index in [1.165, 1.54) is 6.42 Å². The summed E-state index contributed by atoms with van der Waals surface area (Å²) in [6.45, 7) is 10.9. The summed E-state index contributed by atoms with van der Waals surface area (Å²) in [5.41, 5.74) is 5.12. The van der Waals surface area contributed by atoms with Gasteiger partial charge in [0.1, 0.15) is 0 Å². The van der Waals surface area contributed by atoms with Gasteiger partial charge in [-0.2, -0.15) is 0 Å².